The van der Waals surface area contributed by atoms with Gasteiger partial charge in [0.25, 0.3) is 0 Å². The molecule has 70 valence electrons. The Bertz CT molecular complexity index is 398. The lowest BCUT2D eigenvalue weighted by Gasteiger charge is -2.69. The third-order valence-electron chi connectivity index (χ3n) is 3.65. The zero-order chi connectivity index (χ0) is 9.65. The van der Waals surface area contributed by atoms with Crippen molar-refractivity contribution in [2.45, 2.75) is 30.2 Å². The van der Waals surface area contributed by atoms with Crippen molar-refractivity contribution in [2.24, 2.45) is 5.11 Å². The molecular formula is C11H11N3. The quantitative estimate of drug-likeness (QED) is 0.386. The van der Waals surface area contributed by atoms with Gasteiger partial charge in [0.05, 0.1) is 5.54 Å². The van der Waals surface area contributed by atoms with E-state index in [1.54, 1.807) is 0 Å². The fourth-order valence-electron chi connectivity index (χ4n) is 3.03. The van der Waals surface area contributed by atoms with Crippen LogP contribution in [0.1, 0.15) is 24.8 Å². The molecule has 4 rings (SSSR count). The zero-order valence-corrected chi connectivity index (χ0v) is 7.85. The molecule has 0 aliphatic heterocycles. The van der Waals surface area contributed by atoms with E-state index in [4.69, 9.17) is 5.53 Å². The van der Waals surface area contributed by atoms with E-state index in [0.29, 0.717) is 5.41 Å². The molecule has 3 saturated carbocycles. The van der Waals surface area contributed by atoms with Crippen LogP contribution in [0.15, 0.2) is 35.4 Å². The highest BCUT2D eigenvalue weighted by Crippen LogP contribution is 2.69. The average molecular weight is 185 g/mol. The maximum atomic E-state index is 8.40. The van der Waals surface area contributed by atoms with Crippen molar-refractivity contribution in [1.82, 2.24) is 0 Å². The molecule has 0 N–H and O–H groups in total. The largest absolute Gasteiger partial charge is 0.0872 e. The summed E-state index contributed by atoms with van der Waals surface area (Å²) < 4.78 is 0. The van der Waals surface area contributed by atoms with Gasteiger partial charge in [0.1, 0.15) is 0 Å². The van der Waals surface area contributed by atoms with Crippen molar-refractivity contribution in [2.75, 3.05) is 0 Å². The number of azide groups is 1. The Kier molecular flexibility index (Phi) is 1.30. The Morgan fingerprint density at radius 2 is 1.79 bits per heavy atom. The number of nitrogens with zero attached hydrogens (tertiary/aromatic N) is 3. The first-order valence-electron chi connectivity index (χ1n) is 4.91. The summed E-state index contributed by atoms with van der Waals surface area (Å²) in [5.74, 6) is 0. The Morgan fingerprint density at radius 1 is 1.14 bits per heavy atom. The van der Waals surface area contributed by atoms with Gasteiger partial charge in [0.15, 0.2) is 0 Å². The van der Waals surface area contributed by atoms with Crippen LogP contribution in [-0.4, -0.2) is 5.54 Å². The van der Waals surface area contributed by atoms with Crippen LogP contribution in [0.3, 0.4) is 0 Å². The number of rotatable bonds is 2. The molecule has 1 aromatic carbocycles. The first-order chi connectivity index (χ1) is 6.79. The van der Waals surface area contributed by atoms with Crippen molar-refractivity contribution in [3.63, 3.8) is 0 Å². The summed E-state index contributed by atoms with van der Waals surface area (Å²) in [7, 11) is 0. The van der Waals surface area contributed by atoms with Crippen molar-refractivity contribution in [3.05, 3.63) is 46.3 Å². The Labute approximate surface area is 82.4 Å². The fraction of sp³-hybridized carbons (Fsp3) is 0.455. The van der Waals surface area contributed by atoms with Crippen LogP contribution >= 0.6 is 0 Å². The third-order valence-corrected chi connectivity index (χ3v) is 3.65. The van der Waals surface area contributed by atoms with Gasteiger partial charge in [-0.15, -0.1) is 0 Å². The van der Waals surface area contributed by atoms with Crippen LogP contribution < -0.4 is 0 Å². The minimum absolute atomic E-state index is 0.00933. The van der Waals surface area contributed by atoms with Crippen LogP contribution in [0.5, 0.6) is 0 Å². The summed E-state index contributed by atoms with van der Waals surface area (Å²) >= 11 is 0. The molecule has 3 nitrogen and oxygen atoms in total. The molecule has 14 heavy (non-hydrogen) atoms. The lowest BCUT2D eigenvalue weighted by molar-refractivity contribution is -0.0584. The third kappa shape index (κ3) is 0.802. The summed E-state index contributed by atoms with van der Waals surface area (Å²) in [5, 5.41) is 3.88. The summed E-state index contributed by atoms with van der Waals surface area (Å²) in [6, 6.07) is 10.6. The summed E-state index contributed by atoms with van der Waals surface area (Å²) in [5.41, 5.74) is 10.2. The van der Waals surface area contributed by atoms with E-state index in [1.165, 1.54) is 5.56 Å². The molecule has 0 amide bonds. The highest BCUT2D eigenvalue weighted by atomic mass is 15.2. The minimum Gasteiger partial charge on any atom is -0.0872 e. The smallest absolute Gasteiger partial charge is 0.0513 e. The maximum absolute atomic E-state index is 8.40. The average Bonchev–Trinajstić information content (AvgIpc) is 2.10. The molecule has 3 fully saturated rings. The molecule has 0 unspecified atom stereocenters. The predicted molar refractivity (Wildman–Crippen MR) is 53.8 cm³/mol. The highest BCUT2D eigenvalue weighted by Gasteiger charge is 2.68. The van der Waals surface area contributed by atoms with Crippen LogP contribution in [0, 0.1) is 0 Å². The second kappa shape index (κ2) is 2.31. The Hall–Kier alpha value is -1.47. The second-order valence-electron chi connectivity index (χ2n) is 4.59. The van der Waals surface area contributed by atoms with Crippen molar-refractivity contribution in [1.29, 1.82) is 0 Å². The van der Waals surface area contributed by atoms with Gasteiger partial charge in [-0.05, 0) is 35.8 Å². The lowest BCUT2D eigenvalue weighted by Crippen LogP contribution is -2.68. The SMILES string of the molecule is [N-]=[N+]=NC12CC(c3ccccc3)(C1)C2. The van der Waals surface area contributed by atoms with E-state index in [9.17, 15) is 0 Å². The van der Waals surface area contributed by atoms with Crippen molar-refractivity contribution >= 4 is 0 Å². The monoisotopic (exact) mass is 185 g/mol. The van der Waals surface area contributed by atoms with E-state index in [1.807, 2.05) is 6.07 Å². The van der Waals surface area contributed by atoms with Crippen LogP contribution in [0.4, 0.5) is 0 Å². The molecule has 1 aromatic rings. The number of hydrogen-bond donors (Lipinski definition) is 0. The van der Waals surface area contributed by atoms with Crippen molar-refractivity contribution < 1.29 is 0 Å². The summed E-state index contributed by atoms with van der Waals surface area (Å²) in [6.45, 7) is 0. The minimum atomic E-state index is -0.00933. The molecule has 0 saturated heterocycles. The van der Waals surface area contributed by atoms with Crippen LogP contribution in [0.25, 0.3) is 10.4 Å². The lowest BCUT2D eigenvalue weighted by atomic mass is 9.38. The molecule has 2 bridgehead atoms. The van der Waals surface area contributed by atoms with Gasteiger partial charge in [0.2, 0.25) is 0 Å². The van der Waals surface area contributed by atoms with Gasteiger partial charge in [-0.2, -0.15) is 0 Å². The first kappa shape index (κ1) is 7.89. The van der Waals surface area contributed by atoms with Gasteiger partial charge in [-0.1, -0.05) is 35.4 Å². The van der Waals surface area contributed by atoms with Crippen LogP contribution in [-0.2, 0) is 5.41 Å². The standard InChI is InChI=1S/C11H11N3/c12-14-13-11-6-10(7-11,8-11)9-4-2-1-3-5-9/h1-5H,6-8H2. The van der Waals surface area contributed by atoms with Gasteiger partial charge in [-0.3, -0.25) is 0 Å². The molecule has 3 aliphatic carbocycles. The van der Waals surface area contributed by atoms with E-state index in [-0.39, 0.29) is 5.54 Å². The molecule has 0 aromatic heterocycles. The topological polar surface area (TPSA) is 48.8 Å². The maximum Gasteiger partial charge on any atom is 0.0513 e. The van der Waals surface area contributed by atoms with Gasteiger partial charge >= 0.3 is 0 Å². The van der Waals surface area contributed by atoms with E-state index in [2.05, 4.69) is 34.3 Å². The number of hydrogen-bond acceptors (Lipinski definition) is 1. The summed E-state index contributed by atoms with van der Waals surface area (Å²) in [6.07, 6.45) is 3.15. The molecule has 0 radical (unpaired) electrons. The predicted octanol–water partition coefficient (Wildman–Crippen LogP) is 3.17. The number of benzene rings is 1. The first-order valence-corrected chi connectivity index (χ1v) is 4.91. The van der Waals surface area contributed by atoms with Crippen molar-refractivity contribution in [3.8, 4) is 0 Å². The second-order valence-corrected chi connectivity index (χ2v) is 4.59. The Morgan fingerprint density at radius 3 is 2.36 bits per heavy atom. The van der Waals surface area contributed by atoms with E-state index < -0.39 is 0 Å². The van der Waals surface area contributed by atoms with Gasteiger partial charge in [-0.25, -0.2) is 0 Å². The molecule has 0 spiro atoms. The Balaban J connectivity index is 1.85. The van der Waals surface area contributed by atoms with Gasteiger partial charge in [0, 0.05) is 4.91 Å². The molecular weight excluding hydrogens is 174 g/mol. The molecule has 0 heterocycles. The molecule has 0 atom stereocenters. The molecule has 3 heteroatoms. The fourth-order valence-corrected chi connectivity index (χ4v) is 3.03. The highest BCUT2D eigenvalue weighted by molar-refractivity contribution is 5.41. The van der Waals surface area contributed by atoms with E-state index >= 15 is 0 Å². The normalized spacial score (nSPS) is 37.7. The van der Waals surface area contributed by atoms with Gasteiger partial charge < -0.3 is 0 Å². The van der Waals surface area contributed by atoms with Crippen LogP contribution in [0.2, 0.25) is 0 Å². The zero-order valence-electron chi connectivity index (χ0n) is 7.85. The van der Waals surface area contributed by atoms with E-state index in [0.717, 1.165) is 19.3 Å². The summed E-state index contributed by atoms with van der Waals surface area (Å²) in [4.78, 5) is 2.92. The molecule has 3 aliphatic rings.